The molecule has 1 aliphatic heterocycles. The number of unbranched alkanes of at least 4 members (excludes halogenated alkanes) is 1. The van der Waals surface area contributed by atoms with Crippen molar-refractivity contribution in [2.45, 2.75) is 31.8 Å². The molecule has 2 N–H and O–H groups in total. The monoisotopic (exact) mass is 382 g/mol. The number of aryl methyl sites for hydroxylation is 1. The number of esters is 1. The molecule has 1 aliphatic rings. The zero-order valence-electron chi connectivity index (χ0n) is 16.6. The topological polar surface area (TPSA) is 71.7 Å². The largest absolute Gasteiger partial charge is 0.469 e. The maximum absolute atomic E-state index is 11.1. The third kappa shape index (κ3) is 5.53. The number of anilines is 1. The summed E-state index contributed by atoms with van der Waals surface area (Å²) in [6.45, 7) is 3.82. The van der Waals surface area contributed by atoms with Crippen molar-refractivity contribution in [3.05, 3.63) is 59.9 Å². The number of carbonyl (C=O) groups is 1. The van der Waals surface area contributed by atoms with Crippen LogP contribution in [0.4, 0.5) is 5.69 Å². The van der Waals surface area contributed by atoms with Crippen LogP contribution in [0.3, 0.4) is 0 Å². The van der Waals surface area contributed by atoms with Crippen molar-refractivity contribution < 1.29 is 9.53 Å². The molecular formula is C22H30N4O2. The van der Waals surface area contributed by atoms with E-state index < -0.39 is 0 Å². The molecule has 28 heavy (non-hydrogen) atoms. The summed E-state index contributed by atoms with van der Waals surface area (Å²) in [5.41, 5.74) is 10.2. The van der Waals surface area contributed by atoms with E-state index in [0.29, 0.717) is 6.42 Å². The second-order valence-electron chi connectivity index (χ2n) is 7.20. The molecule has 2 aromatic rings. The standard InChI is InChI=1S/C22H30N4O2/c1-28-21(27)5-3-2-4-18-6-8-19(9-7-18)22(23)26-16-14-25(15-17-26)20-10-12-24-13-11-20/h6-13,22H,2-5,14-17,23H2,1H3. The van der Waals surface area contributed by atoms with Crippen LogP contribution in [-0.2, 0) is 16.0 Å². The van der Waals surface area contributed by atoms with Crippen molar-refractivity contribution in [3.8, 4) is 0 Å². The molecule has 6 nitrogen and oxygen atoms in total. The molecule has 0 saturated carbocycles. The summed E-state index contributed by atoms with van der Waals surface area (Å²) in [5, 5.41) is 0. The highest BCUT2D eigenvalue weighted by Crippen LogP contribution is 2.21. The Bertz CT molecular complexity index is 728. The predicted octanol–water partition coefficient (Wildman–Crippen LogP) is 2.75. The number of ether oxygens (including phenoxy) is 1. The number of piperazine rings is 1. The van der Waals surface area contributed by atoms with Gasteiger partial charge in [-0.05, 0) is 42.5 Å². The number of benzene rings is 1. The van der Waals surface area contributed by atoms with Gasteiger partial charge in [-0.3, -0.25) is 14.7 Å². The summed E-state index contributed by atoms with van der Waals surface area (Å²) in [6.07, 6.45) is 6.90. The molecule has 0 spiro atoms. The molecule has 6 heteroatoms. The van der Waals surface area contributed by atoms with Crippen LogP contribution in [-0.4, -0.2) is 49.1 Å². The Balaban J connectivity index is 1.46. The fourth-order valence-electron chi connectivity index (χ4n) is 3.61. The highest BCUT2D eigenvalue weighted by Gasteiger charge is 2.22. The minimum Gasteiger partial charge on any atom is -0.469 e. The lowest BCUT2D eigenvalue weighted by molar-refractivity contribution is -0.140. The highest BCUT2D eigenvalue weighted by atomic mass is 16.5. The molecular weight excluding hydrogens is 352 g/mol. The van der Waals surface area contributed by atoms with Crippen LogP contribution >= 0.6 is 0 Å². The van der Waals surface area contributed by atoms with Gasteiger partial charge in [0.05, 0.1) is 13.3 Å². The van der Waals surface area contributed by atoms with E-state index >= 15 is 0 Å². The van der Waals surface area contributed by atoms with Crippen LogP contribution in [0.5, 0.6) is 0 Å². The molecule has 1 aromatic heterocycles. The van der Waals surface area contributed by atoms with Gasteiger partial charge >= 0.3 is 5.97 Å². The summed E-state index contributed by atoms with van der Waals surface area (Å²) < 4.78 is 4.67. The van der Waals surface area contributed by atoms with Crippen molar-refractivity contribution >= 4 is 11.7 Å². The third-order valence-electron chi connectivity index (χ3n) is 5.38. The number of methoxy groups -OCH3 is 1. The first-order chi connectivity index (χ1) is 13.7. The van der Waals surface area contributed by atoms with Gasteiger partial charge in [-0.15, -0.1) is 0 Å². The van der Waals surface area contributed by atoms with Crippen molar-refractivity contribution in [2.24, 2.45) is 5.73 Å². The highest BCUT2D eigenvalue weighted by molar-refractivity contribution is 5.68. The molecule has 1 unspecified atom stereocenters. The maximum atomic E-state index is 11.1. The van der Waals surface area contributed by atoms with Gasteiger partial charge in [-0.1, -0.05) is 24.3 Å². The zero-order valence-corrected chi connectivity index (χ0v) is 16.6. The first-order valence-electron chi connectivity index (χ1n) is 9.97. The summed E-state index contributed by atoms with van der Waals surface area (Å²) in [7, 11) is 1.43. The van der Waals surface area contributed by atoms with Crippen molar-refractivity contribution in [2.75, 3.05) is 38.2 Å². The van der Waals surface area contributed by atoms with Crippen LogP contribution in [0.15, 0.2) is 48.8 Å². The molecule has 0 bridgehead atoms. The van der Waals surface area contributed by atoms with E-state index in [1.54, 1.807) is 0 Å². The van der Waals surface area contributed by atoms with E-state index in [2.05, 4.69) is 55.9 Å². The average molecular weight is 383 g/mol. The Kier molecular flexibility index (Phi) is 7.39. The zero-order chi connectivity index (χ0) is 19.8. The summed E-state index contributed by atoms with van der Waals surface area (Å²) in [6, 6.07) is 12.7. The van der Waals surface area contributed by atoms with Gasteiger partial charge in [0.1, 0.15) is 0 Å². The lowest BCUT2D eigenvalue weighted by Crippen LogP contribution is -2.49. The minimum atomic E-state index is -0.134. The third-order valence-corrected chi connectivity index (χ3v) is 5.38. The van der Waals surface area contributed by atoms with Crippen LogP contribution in [0, 0.1) is 0 Å². The molecule has 150 valence electrons. The van der Waals surface area contributed by atoms with Crippen LogP contribution in [0.2, 0.25) is 0 Å². The van der Waals surface area contributed by atoms with E-state index in [-0.39, 0.29) is 12.1 Å². The number of carbonyl (C=O) groups excluding carboxylic acids is 1. The van der Waals surface area contributed by atoms with E-state index in [4.69, 9.17) is 5.73 Å². The SMILES string of the molecule is COC(=O)CCCCc1ccc(C(N)N2CCN(c3ccncc3)CC2)cc1. The van der Waals surface area contributed by atoms with Crippen LogP contribution in [0.25, 0.3) is 0 Å². The van der Waals surface area contributed by atoms with E-state index in [0.717, 1.165) is 51.0 Å². The molecule has 0 amide bonds. The van der Waals surface area contributed by atoms with Gasteiger partial charge in [-0.25, -0.2) is 0 Å². The van der Waals surface area contributed by atoms with Gasteiger partial charge in [0.25, 0.3) is 0 Å². The lowest BCUT2D eigenvalue weighted by atomic mass is 10.0. The minimum absolute atomic E-state index is 0.0760. The molecule has 0 radical (unpaired) electrons. The Labute approximate surface area is 167 Å². The number of aromatic nitrogens is 1. The Morgan fingerprint density at radius 3 is 2.39 bits per heavy atom. The van der Waals surface area contributed by atoms with Gasteiger partial charge in [0.15, 0.2) is 0 Å². The predicted molar refractivity (Wildman–Crippen MR) is 111 cm³/mol. The summed E-state index contributed by atoms with van der Waals surface area (Å²) in [4.78, 5) is 19.9. The second-order valence-corrected chi connectivity index (χ2v) is 7.20. The quantitative estimate of drug-likeness (QED) is 0.559. The number of nitrogens with two attached hydrogens (primary N) is 1. The summed E-state index contributed by atoms with van der Waals surface area (Å²) >= 11 is 0. The molecule has 1 fully saturated rings. The van der Waals surface area contributed by atoms with E-state index in [1.165, 1.54) is 18.4 Å². The molecule has 0 aliphatic carbocycles. The lowest BCUT2D eigenvalue weighted by Gasteiger charge is -2.39. The molecule has 3 rings (SSSR count). The first-order valence-corrected chi connectivity index (χ1v) is 9.97. The maximum Gasteiger partial charge on any atom is 0.305 e. The van der Waals surface area contributed by atoms with Gasteiger partial charge in [0.2, 0.25) is 0 Å². The summed E-state index contributed by atoms with van der Waals surface area (Å²) in [5.74, 6) is -0.134. The van der Waals surface area contributed by atoms with E-state index in [1.807, 2.05) is 12.4 Å². The van der Waals surface area contributed by atoms with E-state index in [9.17, 15) is 4.79 Å². The molecule has 1 aromatic carbocycles. The van der Waals surface area contributed by atoms with Crippen LogP contribution in [0.1, 0.15) is 36.6 Å². The first kappa shape index (κ1) is 20.3. The average Bonchev–Trinajstić information content (AvgIpc) is 2.77. The Hall–Kier alpha value is -2.44. The Morgan fingerprint density at radius 2 is 1.75 bits per heavy atom. The number of rotatable bonds is 8. The number of nitrogens with zero attached hydrogens (tertiary/aromatic N) is 3. The van der Waals surface area contributed by atoms with Crippen LogP contribution < -0.4 is 10.6 Å². The van der Waals surface area contributed by atoms with Crippen molar-refractivity contribution in [1.29, 1.82) is 0 Å². The van der Waals surface area contributed by atoms with Gasteiger partial charge < -0.3 is 15.4 Å². The number of hydrogen-bond acceptors (Lipinski definition) is 6. The fraction of sp³-hybridized carbons (Fsp3) is 0.455. The smallest absolute Gasteiger partial charge is 0.305 e. The number of pyridine rings is 1. The van der Waals surface area contributed by atoms with Crippen molar-refractivity contribution in [1.82, 2.24) is 9.88 Å². The van der Waals surface area contributed by atoms with Crippen molar-refractivity contribution in [3.63, 3.8) is 0 Å². The van der Waals surface area contributed by atoms with Gasteiger partial charge in [-0.2, -0.15) is 0 Å². The number of hydrogen-bond donors (Lipinski definition) is 1. The second kappa shape index (κ2) is 10.2. The molecule has 1 atom stereocenters. The normalized spacial score (nSPS) is 16.0. The molecule has 1 saturated heterocycles. The van der Waals surface area contributed by atoms with Gasteiger partial charge in [0, 0.05) is 50.7 Å². The molecule has 2 heterocycles. The fourth-order valence-corrected chi connectivity index (χ4v) is 3.61. The Morgan fingerprint density at radius 1 is 1.07 bits per heavy atom.